The molecule has 0 aliphatic heterocycles. The molecule has 0 unspecified atom stereocenters. The van der Waals surface area contributed by atoms with Crippen LogP contribution in [0, 0.1) is 25.2 Å². The van der Waals surface area contributed by atoms with Crippen LogP contribution in [0.3, 0.4) is 0 Å². The minimum atomic E-state index is -0.149. The van der Waals surface area contributed by atoms with Gasteiger partial charge in [-0.25, -0.2) is 0 Å². The highest BCUT2D eigenvalue weighted by Crippen LogP contribution is 2.40. The van der Waals surface area contributed by atoms with Crippen LogP contribution < -0.4 is 5.32 Å². The Hall–Kier alpha value is -3.25. The lowest BCUT2D eigenvalue weighted by Crippen LogP contribution is -2.17. The van der Waals surface area contributed by atoms with Crippen molar-refractivity contribution in [1.82, 2.24) is 19.3 Å². The number of rotatable bonds is 10. The fourth-order valence-electron chi connectivity index (χ4n) is 3.67. The molecule has 0 saturated heterocycles. The van der Waals surface area contributed by atoms with Crippen LogP contribution in [0.1, 0.15) is 53.6 Å². The second-order valence-corrected chi connectivity index (χ2v) is 8.93. The van der Waals surface area contributed by atoms with Gasteiger partial charge in [-0.1, -0.05) is 17.8 Å². The van der Waals surface area contributed by atoms with Crippen LogP contribution in [0.2, 0.25) is 0 Å². The Labute approximate surface area is 191 Å². The zero-order valence-electron chi connectivity index (χ0n) is 18.3. The largest absolute Gasteiger partial charge is 0.467 e. The van der Waals surface area contributed by atoms with E-state index in [9.17, 15) is 10.1 Å². The van der Waals surface area contributed by atoms with E-state index in [4.69, 9.17) is 4.42 Å². The molecular formula is C23H26N6O2S. The van der Waals surface area contributed by atoms with Gasteiger partial charge in [-0.15, -0.1) is 16.8 Å². The second kappa shape index (κ2) is 9.49. The van der Waals surface area contributed by atoms with E-state index >= 15 is 0 Å². The van der Waals surface area contributed by atoms with Gasteiger partial charge in [-0.2, -0.15) is 5.26 Å². The lowest BCUT2D eigenvalue weighted by atomic mass is 10.2. The monoisotopic (exact) mass is 450 g/mol. The average Bonchev–Trinajstić information content (AvgIpc) is 3.26. The van der Waals surface area contributed by atoms with Gasteiger partial charge >= 0.3 is 0 Å². The maximum Gasteiger partial charge on any atom is 0.226 e. The summed E-state index contributed by atoms with van der Waals surface area (Å²) >= 11 is 1.51. The van der Waals surface area contributed by atoms with E-state index in [0.29, 0.717) is 42.6 Å². The number of anilines is 1. The molecule has 3 heterocycles. The molecule has 9 heteroatoms. The number of nitrogens with zero attached hydrogens (tertiary/aromatic N) is 5. The summed E-state index contributed by atoms with van der Waals surface area (Å²) in [5, 5.41) is 22.1. The zero-order valence-corrected chi connectivity index (χ0v) is 19.1. The Morgan fingerprint density at radius 3 is 2.88 bits per heavy atom. The maximum absolute atomic E-state index is 12.8. The number of hydrogen-bond donors (Lipinski definition) is 1. The van der Waals surface area contributed by atoms with E-state index in [2.05, 4.69) is 32.7 Å². The summed E-state index contributed by atoms with van der Waals surface area (Å²) in [4.78, 5) is 12.8. The van der Waals surface area contributed by atoms with Crippen LogP contribution in [0.5, 0.6) is 0 Å². The average molecular weight is 451 g/mol. The van der Waals surface area contributed by atoms with Gasteiger partial charge < -0.3 is 18.9 Å². The van der Waals surface area contributed by atoms with E-state index in [1.54, 1.807) is 6.26 Å². The van der Waals surface area contributed by atoms with Crippen LogP contribution in [0.25, 0.3) is 0 Å². The summed E-state index contributed by atoms with van der Waals surface area (Å²) in [7, 11) is 0. The molecule has 1 fully saturated rings. The van der Waals surface area contributed by atoms with Gasteiger partial charge in [0.15, 0.2) is 5.16 Å². The molecule has 32 heavy (non-hydrogen) atoms. The highest BCUT2D eigenvalue weighted by molar-refractivity contribution is 7.99. The quantitative estimate of drug-likeness (QED) is 0.363. The van der Waals surface area contributed by atoms with E-state index in [-0.39, 0.29) is 5.91 Å². The van der Waals surface area contributed by atoms with Crippen LogP contribution >= 0.6 is 11.8 Å². The summed E-state index contributed by atoms with van der Waals surface area (Å²) in [5.74, 6) is 3.19. The van der Waals surface area contributed by atoms with Gasteiger partial charge in [0.1, 0.15) is 23.5 Å². The third kappa shape index (κ3) is 4.50. The molecule has 0 bridgehead atoms. The Balaban J connectivity index is 1.43. The van der Waals surface area contributed by atoms with Crippen molar-refractivity contribution in [2.45, 2.75) is 57.3 Å². The maximum atomic E-state index is 12.8. The molecule has 4 rings (SSSR count). The predicted octanol–water partition coefficient (Wildman–Crippen LogP) is 4.39. The Bertz CT molecular complexity index is 1160. The zero-order chi connectivity index (χ0) is 22.7. The van der Waals surface area contributed by atoms with E-state index in [0.717, 1.165) is 40.8 Å². The van der Waals surface area contributed by atoms with Crippen LogP contribution in [-0.2, 0) is 17.9 Å². The molecule has 8 nitrogen and oxygen atoms in total. The summed E-state index contributed by atoms with van der Waals surface area (Å²) in [6.07, 6.45) is 6.05. The SMILES string of the molecule is C=CCn1c(SCCC(=O)Nc2c(C#N)c(C)c(C)n2Cc2ccco2)nnc1C1CC1. The van der Waals surface area contributed by atoms with Crippen molar-refractivity contribution < 1.29 is 9.21 Å². The van der Waals surface area contributed by atoms with Gasteiger partial charge in [-0.05, 0) is 44.4 Å². The van der Waals surface area contributed by atoms with Crippen molar-refractivity contribution >= 4 is 23.5 Å². The van der Waals surface area contributed by atoms with Crippen molar-refractivity contribution in [3.8, 4) is 6.07 Å². The Morgan fingerprint density at radius 2 is 2.22 bits per heavy atom. The highest BCUT2D eigenvalue weighted by atomic mass is 32.2. The van der Waals surface area contributed by atoms with E-state index in [1.165, 1.54) is 11.8 Å². The molecule has 3 aromatic heterocycles. The molecule has 3 aromatic rings. The number of furan rings is 1. The molecule has 0 aromatic carbocycles. The normalized spacial score (nSPS) is 13.2. The summed E-state index contributed by atoms with van der Waals surface area (Å²) < 4.78 is 9.46. The molecular weight excluding hydrogens is 424 g/mol. The Morgan fingerprint density at radius 1 is 1.41 bits per heavy atom. The lowest BCUT2D eigenvalue weighted by molar-refractivity contribution is -0.115. The first-order valence-electron chi connectivity index (χ1n) is 10.6. The smallest absolute Gasteiger partial charge is 0.226 e. The van der Waals surface area contributed by atoms with Crippen LogP contribution in [0.4, 0.5) is 5.82 Å². The molecule has 0 spiro atoms. The number of hydrogen-bond acceptors (Lipinski definition) is 6. The fraction of sp³-hybridized carbons (Fsp3) is 0.391. The van der Waals surface area contributed by atoms with Crippen LogP contribution in [0.15, 0.2) is 40.6 Å². The van der Waals surface area contributed by atoms with E-state index < -0.39 is 0 Å². The highest BCUT2D eigenvalue weighted by Gasteiger charge is 2.30. The number of aromatic nitrogens is 4. The first kappa shape index (κ1) is 22.0. The van der Waals surface area contributed by atoms with Gasteiger partial charge in [0.05, 0.1) is 18.4 Å². The van der Waals surface area contributed by atoms with Gasteiger partial charge in [0, 0.05) is 30.3 Å². The van der Waals surface area contributed by atoms with Gasteiger partial charge in [-0.3, -0.25) is 4.79 Å². The van der Waals surface area contributed by atoms with Crippen molar-refractivity contribution in [2.24, 2.45) is 0 Å². The van der Waals surface area contributed by atoms with Crippen molar-refractivity contribution in [1.29, 1.82) is 5.26 Å². The van der Waals surface area contributed by atoms with Gasteiger partial charge in [0.25, 0.3) is 0 Å². The fourth-order valence-corrected chi connectivity index (χ4v) is 4.56. The van der Waals surface area contributed by atoms with Crippen molar-refractivity contribution in [2.75, 3.05) is 11.1 Å². The standard InChI is InChI=1S/C23H26N6O2S/c1-4-10-28-21(17-7-8-17)26-27-23(28)32-12-9-20(30)25-22-19(13-24)15(2)16(3)29(22)14-18-6-5-11-31-18/h4-6,11,17H,1,7-10,12,14H2,2-3H3,(H,25,30). The Kier molecular flexibility index (Phi) is 6.51. The molecule has 1 aliphatic carbocycles. The summed E-state index contributed by atoms with van der Waals surface area (Å²) in [6.45, 7) is 8.77. The third-order valence-electron chi connectivity index (χ3n) is 5.65. The number of thioether (sulfide) groups is 1. The lowest BCUT2D eigenvalue weighted by Gasteiger charge is -2.12. The summed E-state index contributed by atoms with van der Waals surface area (Å²) in [6, 6.07) is 5.92. The van der Waals surface area contributed by atoms with E-state index in [1.807, 2.05) is 36.6 Å². The molecule has 0 radical (unpaired) electrons. The molecule has 1 saturated carbocycles. The van der Waals surface area contributed by atoms with Crippen molar-refractivity contribution in [3.05, 3.63) is 59.5 Å². The number of nitriles is 1. The number of carbonyl (C=O) groups is 1. The van der Waals surface area contributed by atoms with Crippen molar-refractivity contribution in [3.63, 3.8) is 0 Å². The first-order chi connectivity index (χ1) is 15.5. The van der Waals surface area contributed by atoms with Gasteiger partial charge in [0.2, 0.25) is 5.91 Å². The summed E-state index contributed by atoms with van der Waals surface area (Å²) in [5.41, 5.74) is 2.26. The van der Waals surface area contributed by atoms with Crippen LogP contribution in [-0.4, -0.2) is 31.0 Å². The third-order valence-corrected chi connectivity index (χ3v) is 6.62. The number of amides is 1. The predicted molar refractivity (Wildman–Crippen MR) is 123 cm³/mol. The molecule has 1 amide bonds. The number of allylic oxidation sites excluding steroid dienone is 1. The first-order valence-corrected chi connectivity index (χ1v) is 11.6. The molecule has 0 atom stereocenters. The minimum Gasteiger partial charge on any atom is -0.467 e. The second-order valence-electron chi connectivity index (χ2n) is 7.87. The molecule has 166 valence electrons. The number of nitrogens with one attached hydrogen (secondary N) is 1. The topological polar surface area (TPSA) is 102 Å². The molecule has 1 N–H and O–H groups in total. The minimum absolute atomic E-state index is 0.149. The number of carbonyl (C=O) groups excluding carboxylic acids is 1. The molecule has 1 aliphatic rings.